The summed E-state index contributed by atoms with van der Waals surface area (Å²) in [4.78, 5) is 0. The van der Waals surface area contributed by atoms with Gasteiger partial charge >= 0.3 is 0 Å². The van der Waals surface area contributed by atoms with Crippen molar-refractivity contribution in [1.29, 1.82) is 0 Å². The Labute approximate surface area is 123 Å². The fourth-order valence-electron chi connectivity index (χ4n) is 2.83. The van der Waals surface area contributed by atoms with E-state index in [1.165, 1.54) is 27.9 Å². The van der Waals surface area contributed by atoms with Crippen LogP contribution in [-0.4, -0.2) is 7.11 Å². The van der Waals surface area contributed by atoms with Crippen LogP contribution in [0.25, 0.3) is 0 Å². The lowest BCUT2D eigenvalue weighted by molar-refractivity contribution is 0.296. The average molecular weight is 269 g/mol. The Morgan fingerprint density at radius 2 is 1.90 bits per heavy atom. The zero-order valence-corrected chi connectivity index (χ0v) is 13.3. The molecule has 1 atom stereocenters. The molecule has 0 bridgehead atoms. The standard InChI is InChI=1S/C19H25O/c1-13(2)16-10-17(15-8-6-7-9-15)12-19(20-5)18(11-16)14(3)4/h6-9,12,17H,10-11H2,1-5H3. The topological polar surface area (TPSA) is 9.23 Å². The third kappa shape index (κ3) is 3.15. The van der Waals surface area contributed by atoms with Crippen LogP contribution in [-0.2, 0) is 4.74 Å². The van der Waals surface area contributed by atoms with Gasteiger partial charge in [-0.15, -0.1) is 0 Å². The van der Waals surface area contributed by atoms with Crippen LogP contribution >= 0.6 is 0 Å². The lowest BCUT2D eigenvalue weighted by atomic mass is 9.90. The maximum Gasteiger partial charge on any atom is 0.118 e. The summed E-state index contributed by atoms with van der Waals surface area (Å²) >= 11 is 0. The molecule has 0 aromatic carbocycles. The smallest absolute Gasteiger partial charge is 0.118 e. The molecule has 1 heteroatoms. The molecular formula is C19H25O. The van der Waals surface area contributed by atoms with Crippen molar-refractivity contribution in [2.24, 2.45) is 5.92 Å². The van der Waals surface area contributed by atoms with Gasteiger partial charge in [-0.05, 0) is 57.8 Å². The molecule has 2 aliphatic carbocycles. The highest BCUT2D eigenvalue weighted by Gasteiger charge is 2.23. The first-order chi connectivity index (χ1) is 9.52. The van der Waals surface area contributed by atoms with Gasteiger partial charge in [0.25, 0.3) is 0 Å². The molecular weight excluding hydrogens is 244 g/mol. The lowest BCUT2D eigenvalue weighted by Crippen LogP contribution is -2.00. The van der Waals surface area contributed by atoms with Gasteiger partial charge in [0, 0.05) is 12.3 Å². The number of ether oxygens (including phenoxy) is 1. The van der Waals surface area contributed by atoms with Crippen molar-refractivity contribution in [3.8, 4) is 0 Å². The van der Waals surface area contributed by atoms with Gasteiger partial charge in [-0.2, -0.15) is 0 Å². The summed E-state index contributed by atoms with van der Waals surface area (Å²) in [5.41, 5.74) is 7.05. The van der Waals surface area contributed by atoms with Crippen molar-refractivity contribution in [3.05, 3.63) is 64.3 Å². The van der Waals surface area contributed by atoms with Gasteiger partial charge in [0.1, 0.15) is 5.76 Å². The molecule has 0 fully saturated rings. The van der Waals surface area contributed by atoms with Crippen molar-refractivity contribution in [2.45, 2.75) is 40.5 Å². The minimum atomic E-state index is 0.418. The van der Waals surface area contributed by atoms with Crippen LogP contribution in [0, 0.1) is 12.3 Å². The van der Waals surface area contributed by atoms with Crippen LogP contribution in [0.15, 0.2) is 57.9 Å². The predicted molar refractivity (Wildman–Crippen MR) is 86.1 cm³/mol. The summed E-state index contributed by atoms with van der Waals surface area (Å²) in [6.45, 7) is 8.79. The molecule has 2 aliphatic rings. The molecule has 20 heavy (non-hydrogen) atoms. The minimum absolute atomic E-state index is 0.418. The first-order valence-corrected chi connectivity index (χ1v) is 7.32. The van der Waals surface area contributed by atoms with Crippen molar-refractivity contribution in [1.82, 2.24) is 0 Å². The molecule has 0 aromatic rings. The van der Waals surface area contributed by atoms with E-state index in [0.29, 0.717) is 5.92 Å². The molecule has 1 nitrogen and oxygen atoms in total. The summed E-state index contributed by atoms with van der Waals surface area (Å²) in [7, 11) is 1.78. The predicted octanol–water partition coefficient (Wildman–Crippen LogP) is 5.30. The molecule has 0 amide bonds. The van der Waals surface area contributed by atoms with E-state index in [0.717, 1.165) is 18.6 Å². The molecule has 0 N–H and O–H groups in total. The summed E-state index contributed by atoms with van der Waals surface area (Å²) < 4.78 is 5.68. The van der Waals surface area contributed by atoms with Crippen molar-refractivity contribution < 1.29 is 4.74 Å². The maximum atomic E-state index is 5.68. The van der Waals surface area contributed by atoms with Gasteiger partial charge in [-0.3, -0.25) is 0 Å². The Balaban J connectivity index is 2.48. The highest BCUT2D eigenvalue weighted by molar-refractivity contribution is 5.44. The van der Waals surface area contributed by atoms with Gasteiger partial charge in [0.2, 0.25) is 0 Å². The Morgan fingerprint density at radius 3 is 2.40 bits per heavy atom. The Hall–Kier alpha value is -1.50. The van der Waals surface area contributed by atoms with Crippen LogP contribution in [0.1, 0.15) is 40.5 Å². The second kappa shape index (κ2) is 6.30. The maximum absolute atomic E-state index is 5.68. The van der Waals surface area contributed by atoms with E-state index in [2.05, 4.69) is 58.4 Å². The first kappa shape index (κ1) is 14.9. The zero-order valence-electron chi connectivity index (χ0n) is 13.3. The highest BCUT2D eigenvalue weighted by atomic mass is 16.5. The van der Waals surface area contributed by atoms with E-state index in [1.807, 2.05) is 0 Å². The molecule has 0 aliphatic heterocycles. The fraction of sp³-hybridized carbons (Fsp3) is 0.421. The van der Waals surface area contributed by atoms with Crippen LogP contribution in [0.2, 0.25) is 0 Å². The number of hydrogen-bond donors (Lipinski definition) is 0. The molecule has 107 valence electrons. The largest absolute Gasteiger partial charge is 0.497 e. The fourth-order valence-corrected chi connectivity index (χ4v) is 2.83. The van der Waals surface area contributed by atoms with Crippen LogP contribution in [0.5, 0.6) is 0 Å². The van der Waals surface area contributed by atoms with Gasteiger partial charge in [-0.1, -0.05) is 34.9 Å². The Kier molecular flexibility index (Phi) is 4.69. The molecule has 0 heterocycles. The molecule has 1 radical (unpaired) electrons. The minimum Gasteiger partial charge on any atom is -0.497 e. The second-order valence-electron chi connectivity index (χ2n) is 6.02. The number of methoxy groups -OCH3 is 1. The third-order valence-electron chi connectivity index (χ3n) is 4.15. The monoisotopic (exact) mass is 269 g/mol. The van der Waals surface area contributed by atoms with E-state index >= 15 is 0 Å². The van der Waals surface area contributed by atoms with E-state index in [1.54, 1.807) is 7.11 Å². The van der Waals surface area contributed by atoms with E-state index in [4.69, 9.17) is 4.74 Å². The molecule has 0 saturated heterocycles. The van der Waals surface area contributed by atoms with E-state index in [9.17, 15) is 0 Å². The molecule has 2 rings (SSSR count). The SMILES string of the molecule is COC1=CC(C2=C[CH]C=C2)CC(=C(C)C)CC1=C(C)C. The normalized spacial score (nSPS) is 22.4. The molecule has 0 saturated carbocycles. The van der Waals surface area contributed by atoms with Crippen molar-refractivity contribution >= 4 is 0 Å². The van der Waals surface area contributed by atoms with E-state index < -0.39 is 0 Å². The summed E-state index contributed by atoms with van der Waals surface area (Å²) in [5, 5.41) is 0. The molecule has 0 aromatic heterocycles. The van der Waals surface area contributed by atoms with Gasteiger partial charge in [-0.25, -0.2) is 0 Å². The van der Waals surface area contributed by atoms with Crippen LogP contribution in [0.3, 0.4) is 0 Å². The summed E-state index contributed by atoms with van der Waals surface area (Å²) in [5.74, 6) is 1.47. The van der Waals surface area contributed by atoms with Gasteiger partial charge < -0.3 is 4.74 Å². The van der Waals surface area contributed by atoms with Crippen LogP contribution < -0.4 is 0 Å². The highest BCUT2D eigenvalue weighted by Crippen LogP contribution is 2.37. The van der Waals surface area contributed by atoms with Crippen molar-refractivity contribution in [3.63, 3.8) is 0 Å². The number of rotatable bonds is 2. The average Bonchev–Trinajstić information content (AvgIpc) is 2.85. The van der Waals surface area contributed by atoms with E-state index in [-0.39, 0.29) is 0 Å². The lowest BCUT2D eigenvalue weighted by Gasteiger charge is -2.14. The summed E-state index contributed by atoms with van der Waals surface area (Å²) in [6, 6.07) is 0. The Bertz CT molecular complexity index is 530. The zero-order chi connectivity index (χ0) is 14.7. The Morgan fingerprint density at radius 1 is 1.15 bits per heavy atom. The molecule has 0 spiro atoms. The third-order valence-corrected chi connectivity index (χ3v) is 4.15. The second-order valence-corrected chi connectivity index (χ2v) is 6.02. The first-order valence-electron chi connectivity index (χ1n) is 7.32. The molecule has 1 unspecified atom stereocenters. The summed E-state index contributed by atoms with van der Waals surface area (Å²) in [6.07, 6.45) is 13.1. The number of allylic oxidation sites excluding steroid dienone is 9. The van der Waals surface area contributed by atoms with Crippen LogP contribution in [0.4, 0.5) is 0 Å². The van der Waals surface area contributed by atoms with Gasteiger partial charge in [0.05, 0.1) is 7.11 Å². The number of hydrogen-bond acceptors (Lipinski definition) is 1. The van der Waals surface area contributed by atoms with Crippen molar-refractivity contribution in [2.75, 3.05) is 7.11 Å². The van der Waals surface area contributed by atoms with Gasteiger partial charge in [0.15, 0.2) is 0 Å². The quantitative estimate of drug-likeness (QED) is 0.618.